The summed E-state index contributed by atoms with van der Waals surface area (Å²) in [4.78, 5) is 16.1. The van der Waals surface area contributed by atoms with E-state index >= 15 is 0 Å². The average molecular weight is 299 g/mol. The standard InChI is InChI=1S/C14H25N3O2S/c1-10(5-6-18)7-15-13(19)16-8-11-9-20-12(17-11)14(2,3)4/h9-10,18H,5-8H2,1-4H3,(H2,15,16,19). The molecule has 6 heteroatoms. The van der Waals surface area contributed by atoms with Crippen molar-refractivity contribution in [3.8, 4) is 0 Å². The first-order chi connectivity index (χ1) is 9.32. The molecule has 0 aliphatic heterocycles. The SMILES string of the molecule is CC(CCO)CNC(=O)NCc1csc(C(C)(C)C)n1. The smallest absolute Gasteiger partial charge is 0.315 e. The zero-order valence-electron chi connectivity index (χ0n) is 12.7. The number of nitrogens with zero attached hydrogens (tertiary/aromatic N) is 1. The molecule has 1 atom stereocenters. The summed E-state index contributed by atoms with van der Waals surface area (Å²) in [5, 5.41) is 17.4. The molecule has 3 N–H and O–H groups in total. The first-order valence-corrected chi connectivity index (χ1v) is 7.78. The maximum Gasteiger partial charge on any atom is 0.315 e. The highest BCUT2D eigenvalue weighted by Crippen LogP contribution is 2.25. The van der Waals surface area contributed by atoms with Crippen molar-refractivity contribution < 1.29 is 9.90 Å². The van der Waals surface area contributed by atoms with E-state index < -0.39 is 0 Å². The third kappa shape index (κ3) is 5.88. The topological polar surface area (TPSA) is 74.2 Å². The van der Waals surface area contributed by atoms with Gasteiger partial charge in [0.1, 0.15) is 0 Å². The lowest BCUT2D eigenvalue weighted by molar-refractivity contribution is 0.233. The molecule has 0 aromatic carbocycles. The van der Waals surface area contributed by atoms with Crippen LogP contribution in [0.1, 0.15) is 44.8 Å². The van der Waals surface area contributed by atoms with Gasteiger partial charge in [-0.05, 0) is 12.3 Å². The van der Waals surface area contributed by atoms with E-state index in [1.165, 1.54) is 0 Å². The molecule has 114 valence electrons. The van der Waals surface area contributed by atoms with Crippen molar-refractivity contribution in [1.29, 1.82) is 0 Å². The Labute approximate surface area is 124 Å². The summed E-state index contributed by atoms with van der Waals surface area (Å²) >= 11 is 1.62. The molecule has 0 radical (unpaired) electrons. The number of rotatable bonds is 6. The molecule has 0 fully saturated rings. The maximum atomic E-state index is 11.6. The molecule has 0 aliphatic carbocycles. The van der Waals surface area contributed by atoms with Crippen LogP contribution >= 0.6 is 11.3 Å². The molecule has 1 unspecified atom stereocenters. The van der Waals surface area contributed by atoms with Crippen molar-refractivity contribution in [3.63, 3.8) is 0 Å². The zero-order chi connectivity index (χ0) is 15.2. The number of amides is 2. The molecule has 1 rings (SSSR count). The van der Waals surface area contributed by atoms with Gasteiger partial charge in [-0.15, -0.1) is 11.3 Å². The Hall–Kier alpha value is -1.14. The number of aliphatic hydroxyl groups excluding tert-OH is 1. The quantitative estimate of drug-likeness (QED) is 0.754. The van der Waals surface area contributed by atoms with Gasteiger partial charge in [0.15, 0.2) is 0 Å². The van der Waals surface area contributed by atoms with E-state index in [-0.39, 0.29) is 24.0 Å². The van der Waals surface area contributed by atoms with Crippen molar-refractivity contribution in [3.05, 3.63) is 16.1 Å². The molecule has 0 saturated heterocycles. The summed E-state index contributed by atoms with van der Waals surface area (Å²) in [6, 6.07) is -0.194. The Morgan fingerprint density at radius 1 is 1.45 bits per heavy atom. The van der Waals surface area contributed by atoms with Gasteiger partial charge in [0, 0.05) is 23.9 Å². The zero-order valence-corrected chi connectivity index (χ0v) is 13.5. The predicted octanol–water partition coefficient (Wildman–Crippen LogP) is 2.26. The molecule has 0 aliphatic rings. The molecule has 1 aromatic heterocycles. The third-order valence-corrected chi connectivity index (χ3v) is 4.17. The maximum absolute atomic E-state index is 11.6. The second kappa shape index (κ2) is 7.59. The highest BCUT2D eigenvalue weighted by molar-refractivity contribution is 7.09. The van der Waals surface area contributed by atoms with Gasteiger partial charge in [0.05, 0.1) is 17.2 Å². The van der Waals surface area contributed by atoms with Crippen LogP contribution in [-0.2, 0) is 12.0 Å². The van der Waals surface area contributed by atoms with E-state index in [4.69, 9.17) is 5.11 Å². The molecule has 20 heavy (non-hydrogen) atoms. The van der Waals surface area contributed by atoms with Gasteiger partial charge in [-0.1, -0.05) is 27.7 Å². The summed E-state index contributed by atoms with van der Waals surface area (Å²) in [5.74, 6) is 0.275. The Kier molecular flexibility index (Phi) is 6.42. The molecular weight excluding hydrogens is 274 g/mol. The van der Waals surface area contributed by atoms with E-state index in [1.807, 2.05) is 12.3 Å². The van der Waals surface area contributed by atoms with Crippen molar-refractivity contribution in [2.24, 2.45) is 5.92 Å². The van der Waals surface area contributed by atoms with E-state index in [0.29, 0.717) is 19.5 Å². The summed E-state index contributed by atoms with van der Waals surface area (Å²) in [6.07, 6.45) is 0.696. The van der Waals surface area contributed by atoms with Crippen molar-refractivity contribution in [2.75, 3.05) is 13.2 Å². The highest BCUT2D eigenvalue weighted by Gasteiger charge is 2.18. The van der Waals surface area contributed by atoms with Gasteiger partial charge in [0.25, 0.3) is 0 Å². The lowest BCUT2D eigenvalue weighted by Gasteiger charge is -2.13. The van der Waals surface area contributed by atoms with Crippen LogP contribution in [0.2, 0.25) is 0 Å². The average Bonchev–Trinajstić information content (AvgIpc) is 2.83. The second-order valence-electron chi connectivity index (χ2n) is 6.08. The molecule has 0 saturated carbocycles. The largest absolute Gasteiger partial charge is 0.396 e. The number of urea groups is 1. The second-order valence-corrected chi connectivity index (χ2v) is 6.93. The predicted molar refractivity (Wildman–Crippen MR) is 81.9 cm³/mol. The van der Waals surface area contributed by atoms with Gasteiger partial charge >= 0.3 is 6.03 Å². The van der Waals surface area contributed by atoms with Gasteiger partial charge in [-0.3, -0.25) is 0 Å². The first-order valence-electron chi connectivity index (χ1n) is 6.90. The van der Waals surface area contributed by atoms with Crippen LogP contribution in [0.5, 0.6) is 0 Å². The van der Waals surface area contributed by atoms with Crippen LogP contribution in [-0.4, -0.2) is 29.3 Å². The Morgan fingerprint density at radius 3 is 2.70 bits per heavy atom. The monoisotopic (exact) mass is 299 g/mol. The van der Waals surface area contributed by atoms with Crippen LogP contribution in [0, 0.1) is 5.92 Å². The minimum Gasteiger partial charge on any atom is -0.396 e. The van der Waals surface area contributed by atoms with Gasteiger partial charge in [-0.2, -0.15) is 0 Å². The van der Waals surface area contributed by atoms with Crippen LogP contribution in [0.3, 0.4) is 0 Å². The van der Waals surface area contributed by atoms with Gasteiger partial charge in [0.2, 0.25) is 0 Å². The Balaban J connectivity index is 2.32. The van der Waals surface area contributed by atoms with E-state index in [9.17, 15) is 4.79 Å². The van der Waals surface area contributed by atoms with Crippen molar-refractivity contribution in [1.82, 2.24) is 15.6 Å². The lowest BCUT2D eigenvalue weighted by atomic mass is 9.98. The molecule has 0 bridgehead atoms. The minimum atomic E-state index is -0.194. The first kappa shape index (κ1) is 16.9. The van der Waals surface area contributed by atoms with E-state index in [0.717, 1.165) is 10.7 Å². The number of aromatic nitrogens is 1. The Bertz CT molecular complexity index is 426. The van der Waals surface area contributed by atoms with Crippen LogP contribution in [0.4, 0.5) is 4.79 Å². The number of carbonyl (C=O) groups is 1. The van der Waals surface area contributed by atoms with Gasteiger partial charge < -0.3 is 15.7 Å². The molecule has 5 nitrogen and oxygen atoms in total. The van der Waals surface area contributed by atoms with E-state index in [1.54, 1.807) is 11.3 Å². The fourth-order valence-electron chi connectivity index (χ4n) is 1.56. The van der Waals surface area contributed by atoms with E-state index in [2.05, 4.69) is 36.4 Å². The number of thiazole rings is 1. The van der Waals surface area contributed by atoms with Crippen LogP contribution in [0.15, 0.2) is 5.38 Å². The molecule has 0 spiro atoms. The number of aliphatic hydroxyl groups is 1. The molecule has 1 aromatic rings. The minimum absolute atomic E-state index is 0.0465. The summed E-state index contributed by atoms with van der Waals surface area (Å²) in [5.41, 5.74) is 0.934. The van der Waals surface area contributed by atoms with Crippen LogP contribution < -0.4 is 10.6 Å². The fraction of sp³-hybridized carbons (Fsp3) is 0.714. The summed E-state index contributed by atoms with van der Waals surface area (Å²) in [6.45, 7) is 9.52. The molecule has 1 heterocycles. The van der Waals surface area contributed by atoms with Gasteiger partial charge in [-0.25, -0.2) is 9.78 Å². The van der Waals surface area contributed by atoms with Crippen LogP contribution in [0.25, 0.3) is 0 Å². The number of nitrogens with one attached hydrogen (secondary N) is 2. The third-order valence-electron chi connectivity index (χ3n) is 2.86. The lowest BCUT2D eigenvalue weighted by Crippen LogP contribution is -2.37. The number of hydrogen-bond acceptors (Lipinski definition) is 4. The molecule has 2 amide bonds. The van der Waals surface area contributed by atoms with Crippen molar-refractivity contribution in [2.45, 2.75) is 46.1 Å². The number of hydrogen-bond donors (Lipinski definition) is 3. The normalized spacial score (nSPS) is 13.1. The Morgan fingerprint density at radius 2 is 2.15 bits per heavy atom. The number of carbonyl (C=O) groups excluding carboxylic acids is 1. The summed E-state index contributed by atoms with van der Waals surface area (Å²) < 4.78 is 0. The molecular formula is C14H25N3O2S. The fourth-order valence-corrected chi connectivity index (χ4v) is 2.46. The summed E-state index contributed by atoms with van der Waals surface area (Å²) in [7, 11) is 0. The van der Waals surface area contributed by atoms with Crippen molar-refractivity contribution >= 4 is 17.4 Å². The highest BCUT2D eigenvalue weighted by atomic mass is 32.1.